The van der Waals surface area contributed by atoms with E-state index in [1.165, 1.54) is 0 Å². The van der Waals surface area contributed by atoms with Crippen LogP contribution >= 0.6 is 0 Å². The molecule has 18 heavy (non-hydrogen) atoms. The van der Waals surface area contributed by atoms with Crippen LogP contribution in [-0.2, 0) is 5.54 Å². The van der Waals surface area contributed by atoms with Gasteiger partial charge in [-0.2, -0.15) is 4.98 Å². The highest BCUT2D eigenvalue weighted by atomic mass is 16.5. The lowest BCUT2D eigenvalue weighted by Gasteiger charge is -2.35. The van der Waals surface area contributed by atoms with Crippen molar-refractivity contribution in [3.8, 4) is 11.6 Å². The summed E-state index contributed by atoms with van der Waals surface area (Å²) in [6, 6.07) is 0. The van der Waals surface area contributed by atoms with E-state index >= 15 is 0 Å². The number of anilines is 1. The molecule has 7 heteroatoms. The summed E-state index contributed by atoms with van der Waals surface area (Å²) in [6.07, 6.45) is 4.77. The summed E-state index contributed by atoms with van der Waals surface area (Å²) in [4.78, 5) is 13.5. The molecule has 0 saturated heterocycles. The molecule has 0 aromatic carbocycles. The van der Waals surface area contributed by atoms with Gasteiger partial charge in [0.05, 0.1) is 11.7 Å². The molecule has 1 saturated carbocycles. The van der Waals surface area contributed by atoms with Crippen LogP contribution in [0.3, 0.4) is 0 Å². The predicted molar refractivity (Wildman–Crippen MR) is 65.9 cm³/mol. The fourth-order valence-corrected chi connectivity index (χ4v) is 1.98. The van der Waals surface area contributed by atoms with Crippen molar-refractivity contribution in [1.29, 1.82) is 0 Å². The Bertz CT molecular complexity index is 553. The standard InChI is InChI=1S/C11H16N6O/c1-17(2)10-15-8(18-16-10)7-6-13-9(14-7)11(12)4-3-5-11/h6H,3-5,12H2,1-2H3,(H,13,14). The Labute approximate surface area is 104 Å². The van der Waals surface area contributed by atoms with Crippen molar-refractivity contribution >= 4 is 5.95 Å². The number of aromatic amines is 1. The molecule has 0 unspecified atom stereocenters. The van der Waals surface area contributed by atoms with E-state index in [0.717, 1.165) is 25.1 Å². The zero-order valence-electron chi connectivity index (χ0n) is 10.5. The van der Waals surface area contributed by atoms with Crippen molar-refractivity contribution in [2.75, 3.05) is 19.0 Å². The number of aromatic nitrogens is 4. The van der Waals surface area contributed by atoms with Gasteiger partial charge in [0.1, 0.15) is 11.5 Å². The minimum atomic E-state index is -0.303. The third kappa shape index (κ3) is 1.67. The number of hydrogen-bond donors (Lipinski definition) is 2. The molecule has 1 aliphatic carbocycles. The Balaban J connectivity index is 1.88. The smallest absolute Gasteiger partial charge is 0.277 e. The summed E-state index contributed by atoms with van der Waals surface area (Å²) in [5.74, 6) is 1.76. The minimum absolute atomic E-state index is 0.303. The van der Waals surface area contributed by atoms with Crippen LogP contribution < -0.4 is 10.6 Å². The number of H-pyrrole nitrogens is 1. The third-order valence-electron chi connectivity index (χ3n) is 3.34. The molecule has 3 N–H and O–H groups in total. The molecule has 1 fully saturated rings. The van der Waals surface area contributed by atoms with E-state index in [1.807, 2.05) is 14.1 Å². The average molecular weight is 248 g/mol. The molecule has 0 aliphatic heterocycles. The van der Waals surface area contributed by atoms with Crippen LogP contribution in [0.15, 0.2) is 10.7 Å². The lowest BCUT2D eigenvalue weighted by Crippen LogP contribution is -2.44. The number of imidazole rings is 1. The molecule has 7 nitrogen and oxygen atoms in total. The summed E-state index contributed by atoms with van der Waals surface area (Å²) < 4.78 is 5.17. The van der Waals surface area contributed by atoms with Crippen molar-refractivity contribution in [2.45, 2.75) is 24.8 Å². The van der Waals surface area contributed by atoms with Crippen molar-refractivity contribution < 1.29 is 4.52 Å². The first-order valence-corrected chi connectivity index (χ1v) is 5.94. The quantitative estimate of drug-likeness (QED) is 0.836. The molecule has 0 bridgehead atoms. The zero-order chi connectivity index (χ0) is 12.8. The fraction of sp³-hybridized carbons (Fsp3) is 0.545. The molecule has 0 spiro atoms. The summed E-state index contributed by atoms with van der Waals surface area (Å²) in [7, 11) is 3.71. The number of nitrogens with two attached hydrogens (primary N) is 1. The van der Waals surface area contributed by atoms with E-state index < -0.39 is 0 Å². The van der Waals surface area contributed by atoms with Crippen LogP contribution in [0.5, 0.6) is 0 Å². The van der Waals surface area contributed by atoms with E-state index in [2.05, 4.69) is 20.1 Å². The highest BCUT2D eigenvalue weighted by Gasteiger charge is 2.37. The van der Waals surface area contributed by atoms with Gasteiger partial charge in [0, 0.05) is 14.1 Å². The van der Waals surface area contributed by atoms with Gasteiger partial charge in [-0.25, -0.2) is 4.98 Å². The van der Waals surface area contributed by atoms with Crippen molar-refractivity contribution in [3.63, 3.8) is 0 Å². The third-order valence-corrected chi connectivity index (χ3v) is 3.34. The first-order valence-electron chi connectivity index (χ1n) is 5.94. The molecular weight excluding hydrogens is 232 g/mol. The molecule has 2 heterocycles. The van der Waals surface area contributed by atoms with E-state index in [0.29, 0.717) is 17.5 Å². The summed E-state index contributed by atoms with van der Waals surface area (Å²) in [6.45, 7) is 0. The zero-order valence-corrected chi connectivity index (χ0v) is 10.5. The highest BCUT2D eigenvalue weighted by Crippen LogP contribution is 2.37. The Morgan fingerprint density at radius 1 is 1.44 bits per heavy atom. The van der Waals surface area contributed by atoms with Crippen molar-refractivity contribution in [2.24, 2.45) is 5.73 Å². The lowest BCUT2D eigenvalue weighted by molar-refractivity contribution is 0.240. The van der Waals surface area contributed by atoms with Gasteiger partial charge in [0.2, 0.25) is 0 Å². The van der Waals surface area contributed by atoms with Crippen LogP contribution in [0.4, 0.5) is 5.95 Å². The van der Waals surface area contributed by atoms with Crippen LogP contribution in [0, 0.1) is 0 Å². The van der Waals surface area contributed by atoms with Crippen LogP contribution in [0.2, 0.25) is 0 Å². The SMILES string of the molecule is CN(C)c1noc(-c2cnc(C3(N)CCC3)[nH]2)n1. The van der Waals surface area contributed by atoms with E-state index in [-0.39, 0.29) is 5.54 Å². The minimum Gasteiger partial charge on any atom is -0.344 e. The maximum Gasteiger partial charge on any atom is 0.277 e. The second-order valence-corrected chi connectivity index (χ2v) is 4.95. The highest BCUT2D eigenvalue weighted by molar-refractivity contribution is 5.48. The average Bonchev–Trinajstić information content (AvgIpc) is 2.94. The van der Waals surface area contributed by atoms with Crippen LogP contribution in [-0.4, -0.2) is 34.2 Å². The van der Waals surface area contributed by atoms with Gasteiger partial charge in [-0.3, -0.25) is 0 Å². The van der Waals surface area contributed by atoms with E-state index in [4.69, 9.17) is 10.3 Å². The van der Waals surface area contributed by atoms with Crippen LogP contribution in [0.1, 0.15) is 25.1 Å². The van der Waals surface area contributed by atoms with E-state index in [1.54, 1.807) is 11.1 Å². The molecule has 0 radical (unpaired) electrons. The van der Waals surface area contributed by atoms with Gasteiger partial charge in [-0.1, -0.05) is 0 Å². The second-order valence-electron chi connectivity index (χ2n) is 4.95. The van der Waals surface area contributed by atoms with Gasteiger partial charge >= 0.3 is 0 Å². The molecular formula is C11H16N6O. The normalized spacial score (nSPS) is 17.5. The molecule has 0 atom stereocenters. The van der Waals surface area contributed by atoms with Gasteiger partial charge < -0.3 is 20.1 Å². The lowest BCUT2D eigenvalue weighted by atomic mass is 9.77. The molecule has 0 amide bonds. The van der Waals surface area contributed by atoms with Crippen LogP contribution in [0.25, 0.3) is 11.6 Å². The number of nitrogens with zero attached hydrogens (tertiary/aromatic N) is 4. The Morgan fingerprint density at radius 3 is 2.78 bits per heavy atom. The topological polar surface area (TPSA) is 96.9 Å². The first kappa shape index (κ1) is 11.2. The Morgan fingerprint density at radius 2 is 2.22 bits per heavy atom. The Kier molecular flexibility index (Phi) is 2.37. The van der Waals surface area contributed by atoms with Gasteiger partial charge in [-0.05, 0) is 24.4 Å². The van der Waals surface area contributed by atoms with Crippen molar-refractivity contribution in [3.05, 3.63) is 12.0 Å². The molecule has 2 aromatic heterocycles. The predicted octanol–water partition coefficient (Wildman–Crippen LogP) is 0.864. The summed E-state index contributed by atoms with van der Waals surface area (Å²) in [5, 5.41) is 3.86. The molecule has 2 aromatic rings. The number of rotatable bonds is 3. The van der Waals surface area contributed by atoms with Gasteiger partial charge in [-0.15, -0.1) is 0 Å². The largest absolute Gasteiger partial charge is 0.344 e. The maximum atomic E-state index is 6.20. The molecule has 96 valence electrons. The summed E-state index contributed by atoms with van der Waals surface area (Å²) >= 11 is 0. The van der Waals surface area contributed by atoms with E-state index in [9.17, 15) is 0 Å². The summed E-state index contributed by atoms with van der Waals surface area (Å²) in [5.41, 5.74) is 6.61. The maximum absolute atomic E-state index is 6.20. The molecule has 3 rings (SSSR count). The Hall–Kier alpha value is -1.89. The first-order chi connectivity index (χ1) is 8.58. The monoisotopic (exact) mass is 248 g/mol. The second kappa shape index (κ2) is 3.81. The van der Waals surface area contributed by atoms with Gasteiger partial charge in [0.15, 0.2) is 0 Å². The number of nitrogens with one attached hydrogen (secondary N) is 1. The number of hydrogen-bond acceptors (Lipinski definition) is 6. The van der Waals surface area contributed by atoms with Crippen molar-refractivity contribution in [1.82, 2.24) is 20.1 Å². The van der Waals surface area contributed by atoms with Gasteiger partial charge in [0.25, 0.3) is 11.8 Å². The fourth-order valence-electron chi connectivity index (χ4n) is 1.98. The molecule has 1 aliphatic rings.